The zero-order valence-corrected chi connectivity index (χ0v) is 11.9. The summed E-state index contributed by atoms with van der Waals surface area (Å²) in [5.74, 6) is 0. The largest absolute Gasteiger partial charge is 0.395 e. The van der Waals surface area contributed by atoms with Gasteiger partial charge in [0.25, 0.3) is 0 Å². The lowest BCUT2D eigenvalue weighted by molar-refractivity contribution is 0.127. The smallest absolute Gasteiger partial charge is 0.0589 e. The molecule has 1 rings (SSSR count). The molecule has 0 fully saturated rings. The Morgan fingerprint density at radius 3 is 2.61 bits per heavy atom. The lowest BCUT2D eigenvalue weighted by Crippen LogP contribution is -2.29. The van der Waals surface area contributed by atoms with Crippen molar-refractivity contribution in [2.24, 2.45) is 0 Å². The predicted molar refractivity (Wildman–Crippen MR) is 71.5 cm³/mol. The van der Waals surface area contributed by atoms with E-state index < -0.39 is 0 Å². The zero-order valence-electron chi connectivity index (χ0n) is 11.9. The Hall–Kier alpha value is -0.910. The SMILES string of the molecule is COCCN(CCO)Cc1cnn(C(C)(C)C)c1. The van der Waals surface area contributed by atoms with Crippen LogP contribution in [0.4, 0.5) is 0 Å². The molecule has 5 heteroatoms. The number of aromatic nitrogens is 2. The molecule has 1 N–H and O–H groups in total. The highest BCUT2D eigenvalue weighted by molar-refractivity contribution is 5.05. The number of rotatable bonds is 7. The maximum absolute atomic E-state index is 9.05. The maximum Gasteiger partial charge on any atom is 0.0589 e. The molecule has 5 nitrogen and oxygen atoms in total. The first-order valence-electron chi connectivity index (χ1n) is 6.33. The molecule has 1 heterocycles. The minimum atomic E-state index is 0.00654. The standard InChI is InChI=1S/C13H25N3O2/c1-13(2,3)16-11-12(9-14-16)10-15(5-7-17)6-8-18-4/h9,11,17H,5-8,10H2,1-4H3. The molecule has 0 atom stereocenters. The molecule has 0 unspecified atom stereocenters. The molecule has 0 radical (unpaired) electrons. The third-order valence-electron chi connectivity index (χ3n) is 2.76. The van der Waals surface area contributed by atoms with Gasteiger partial charge >= 0.3 is 0 Å². The quantitative estimate of drug-likeness (QED) is 0.792. The summed E-state index contributed by atoms with van der Waals surface area (Å²) in [5, 5.41) is 13.4. The van der Waals surface area contributed by atoms with Crippen molar-refractivity contribution in [3.05, 3.63) is 18.0 Å². The van der Waals surface area contributed by atoms with Crippen LogP contribution in [0.25, 0.3) is 0 Å². The number of aliphatic hydroxyl groups is 1. The van der Waals surface area contributed by atoms with Gasteiger partial charge in [-0.3, -0.25) is 9.58 Å². The molecular formula is C13H25N3O2. The monoisotopic (exact) mass is 255 g/mol. The van der Waals surface area contributed by atoms with E-state index in [9.17, 15) is 0 Å². The molecular weight excluding hydrogens is 230 g/mol. The van der Waals surface area contributed by atoms with Crippen LogP contribution in [0, 0.1) is 0 Å². The summed E-state index contributed by atoms with van der Waals surface area (Å²) in [6, 6.07) is 0. The second kappa shape index (κ2) is 6.87. The van der Waals surface area contributed by atoms with E-state index >= 15 is 0 Å². The highest BCUT2D eigenvalue weighted by Crippen LogP contribution is 2.14. The number of hydrogen-bond acceptors (Lipinski definition) is 4. The van der Waals surface area contributed by atoms with Crippen LogP contribution in [0.2, 0.25) is 0 Å². The lowest BCUT2D eigenvalue weighted by Gasteiger charge is -2.21. The van der Waals surface area contributed by atoms with E-state index in [0.29, 0.717) is 13.2 Å². The Morgan fingerprint density at radius 1 is 1.39 bits per heavy atom. The summed E-state index contributed by atoms with van der Waals surface area (Å²) < 4.78 is 7.04. The van der Waals surface area contributed by atoms with Crippen molar-refractivity contribution in [3.8, 4) is 0 Å². The Balaban J connectivity index is 2.60. The van der Waals surface area contributed by atoms with Crippen LogP contribution in [-0.4, -0.2) is 53.2 Å². The maximum atomic E-state index is 9.05. The number of aliphatic hydroxyl groups excluding tert-OH is 1. The molecule has 104 valence electrons. The summed E-state index contributed by atoms with van der Waals surface area (Å²) >= 11 is 0. The molecule has 0 aliphatic carbocycles. The third-order valence-corrected chi connectivity index (χ3v) is 2.76. The van der Waals surface area contributed by atoms with Crippen LogP contribution in [0.15, 0.2) is 12.4 Å². The first kappa shape index (κ1) is 15.1. The fourth-order valence-corrected chi connectivity index (χ4v) is 1.70. The third kappa shape index (κ3) is 4.76. The topological polar surface area (TPSA) is 50.5 Å². The second-order valence-electron chi connectivity index (χ2n) is 5.46. The van der Waals surface area contributed by atoms with Crippen LogP contribution in [0.1, 0.15) is 26.3 Å². The van der Waals surface area contributed by atoms with Crippen LogP contribution in [0.5, 0.6) is 0 Å². The average Bonchev–Trinajstić information content (AvgIpc) is 2.74. The number of methoxy groups -OCH3 is 1. The molecule has 0 amide bonds. The van der Waals surface area contributed by atoms with Gasteiger partial charge in [-0.15, -0.1) is 0 Å². The number of hydrogen-bond donors (Lipinski definition) is 1. The van der Waals surface area contributed by atoms with Gasteiger partial charge in [-0.2, -0.15) is 5.10 Å². The summed E-state index contributed by atoms with van der Waals surface area (Å²) in [6.07, 6.45) is 3.96. The first-order valence-corrected chi connectivity index (χ1v) is 6.33. The van der Waals surface area contributed by atoms with Crippen molar-refractivity contribution >= 4 is 0 Å². The summed E-state index contributed by atoms with van der Waals surface area (Å²) in [7, 11) is 1.69. The van der Waals surface area contributed by atoms with Crippen molar-refractivity contribution in [2.75, 3.05) is 33.4 Å². The highest BCUT2D eigenvalue weighted by Gasteiger charge is 2.15. The van der Waals surface area contributed by atoms with E-state index in [1.165, 1.54) is 0 Å². The number of ether oxygens (including phenoxy) is 1. The van der Waals surface area contributed by atoms with E-state index in [0.717, 1.165) is 18.7 Å². The summed E-state index contributed by atoms with van der Waals surface area (Å²) in [6.45, 7) is 9.48. The number of nitrogens with zero attached hydrogens (tertiary/aromatic N) is 3. The molecule has 0 saturated carbocycles. The normalized spacial score (nSPS) is 12.3. The Bertz CT molecular complexity index is 344. The molecule has 1 aromatic heterocycles. The van der Waals surface area contributed by atoms with Gasteiger partial charge in [-0.05, 0) is 20.8 Å². The summed E-state index contributed by atoms with van der Waals surface area (Å²) in [4.78, 5) is 2.16. The van der Waals surface area contributed by atoms with Gasteiger partial charge in [-0.25, -0.2) is 0 Å². The van der Waals surface area contributed by atoms with Crippen LogP contribution in [-0.2, 0) is 16.8 Å². The van der Waals surface area contributed by atoms with Gasteiger partial charge in [0.1, 0.15) is 0 Å². The van der Waals surface area contributed by atoms with Crippen LogP contribution < -0.4 is 0 Å². The first-order chi connectivity index (χ1) is 8.47. The van der Waals surface area contributed by atoms with Gasteiger partial charge in [0.15, 0.2) is 0 Å². The van der Waals surface area contributed by atoms with E-state index in [4.69, 9.17) is 9.84 Å². The van der Waals surface area contributed by atoms with Crippen molar-refractivity contribution in [1.82, 2.24) is 14.7 Å². The predicted octanol–water partition coefficient (Wildman–Crippen LogP) is 1.08. The minimum Gasteiger partial charge on any atom is -0.395 e. The van der Waals surface area contributed by atoms with Crippen molar-refractivity contribution in [3.63, 3.8) is 0 Å². The van der Waals surface area contributed by atoms with Gasteiger partial charge in [0.2, 0.25) is 0 Å². The lowest BCUT2D eigenvalue weighted by atomic mass is 10.1. The molecule has 0 aliphatic heterocycles. The van der Waals surface area contributed by atoms with Gasteiger partial charge in [0.05, 0.1) is 24.9 Å². The van der Waals surface area contributed by atoms with E-state index in [2.05, 4.69) is 37.0 Å². The second-order valence-corrected chi connectivity index (χ2v) is 5.46. The van der Waals surface area contributed by atoms with Crippen molar-refractivity contribution in [1.29, 1.82) is 0 Å². The molecule has 0 spiro atoms. The molecule has 1 aromatic rings. The fourth-order valence-electron chi connectivity index (χ4n) is 1.70. The molecule has 0 saturated heterocycles. The summed E-state index contributed by atoms with van der Waals surface area (Å²) in [5.41, 5.74) is 1.17. The molecule has 0 aromatic carbocycles. The molecule has 0 bridgehead atoms. The Kier molecular flexibility index (Phi) is 5.78. The average molecular weight is 255 g/mol. The fraction of sp³-hybridized carbons (Fsp3) is 0.769. The molecule has 18 heavy (non-hydrogen) atoms. The zero-order chi connectivity index (χ0) is 13.6. The van der Waals surface area contributed by atoms with Gasteiger partial charge in [-0.1, -0.05) is 0 Å². The Labute approximate surface area is 109 Å². The van der Waals surface area contributed by atoms with E-state index in [-0.39, 0.29) is 12.1 Å². The Morgan fingerprint density at radius 2 is 2.11 bits per heavy atom. The van der Waals surface area contributed by atoms with Crippen molar-refractivity contribution in [2.45, 2.75) is 32.9 Å². The van der Waals surface area contributed by atoms with E-state index in [1.807, 2.05) is 10.9 Å². The van der Waals surface area contributed by atoms with E-state index in [1.54, 1.807) is 7.11 Å². The minimum absolute atomic E-state index is 0.00654. The van der Waals surface area contributed by atoms with Gasteiger partial charge in [0, 0.05) is 38.5 Å². The molecule has 0 aliphatic rings. The van der Waals surface area contributed by atoms with Crippen molar-refractivity contribution < 1.29 is 9.84 Å². The van der Waals surface area contributed by atoms with Crippen LogP contribution >= 0.6 is 0 Å². The highest BCUT2D eigenvalue weighted by atomic mass is 16.5. The van der Waals surface area contributed by atoms with Crippen LogP contribution in [0.3, 0.4) is 0 Å². The van der Waals surface area contributed by atoms with Gasteiger partial charge < -0.3 is 9.84 Å².